The summed E-state index contributed by atoms with van der Waals surface area (Å²) in [5, 5.41) is 29.4. The number of aryl methyl sites for hydroxylation is 1. The average Bonchev–Trinajstić information content (AvgIpc) is 2.91. The van der Waals surface area contributed by atoms with Gasteiger partial charge in [0.15, 0.2) is 5.82 Å². The van der Waals surface area contributed by atoms with Crippen molar-refractivity contribution in [2.45, 2.75) is 51.6 Å². The van der Waals surface area contributed by atoms with E-state index in [0.717, 1.165) is 60.1 Å². The zero-order valence-electron chi connectivity index (χ0n) is 15.6. The molecule has 2 N–H and O–H groups in total. The fraction of sp³-hybridized carbons (Fsp3) is 0.476. The average molecular weight is 367 g/mol. The molecule has 2 heterocycles. The second kappa shape index (κ2) is 7.74. The molecule has 1 aromatic heterocycles. The van der Waals surface area contributed by atoms with E-state index >= 15 is 0 Å². The van der Waals surface area contributed by atoms with E-state index in [9.17, 15) is 10.2 Å². The lowest BCUT2D eigenvalue weighted by molar-refractivity contribution is 0.0528. The number of aliphatic hydroxyl groups excluding tert-OH is 1. The lowest BCUT2D eigenvalue weighted by Gasteiger charge is -2.20. The van der Waals surface area contributed by atoms with Crippen LogP contribution in [0.25, 0.3) is 11.3 Å². The summed E-state index contributed by atoms with van der Waals surface area (Å²) in [5.74, 6) is 0.841. The molecule has 1 atom stereocenters. The van der Waals surface area contributed by atoms with Gasteiger partial charge in [0.2, 0.25) is 0 Å². The van der Waals surface area contributed by atoms with Crippen LogP contribution in [0.1, 0.15) is 42.4 Å². The number of aliphatic hydroxyl groups is 1. The fourth-order valence-electron chi connectivity index (χ4n) is 3.86. The number of hydrogen-bond acceptors (Lipinski definition) is 6. The summed E-state index contributed by atoms with van der Waals surface area (Å²) in [5.41, 5.74) is 5.42. The number of phenols is 1. The number of benzene rings is 1. The van der Waals surface area contributed by atoms with Crippen molar-refractivity contribution < 1.29 is 14.9 Å². The first-order valence-corrected chi connectivity index (χ1v) is 9.65. The fourth-order valence-corrected chi connectivity index (χ4v) is 3.86. The van der Waals surface area contributed by atoms with Gasteiger partial charge >= 0.3 is 0 Å². The van der Waals surface area contributed by atoms with Gasteiger partial charge < -0.3 is 14.9 Å². The van der Waals surface area contributed by atoms with Crippen molar-refractivity contribution in [2.75, 3.05) is 13.2 Å². The van der Waals surface area contributed by atoms with Crippen LogP contribution in [0.15, 0.2) is 23.2 Å². The van der Waals surface area contributed by atoms with Crippen LogP contribution >= 0.6 is 0 Å². The molecule has 6 nitrogen and oxygen atoms in total. The molecule has 1 aliphatic heterocycles. The van der Waals surface area contributed by atoms with Crippen molar-refractivity contribution >= 4 is 11.5 Å². The minimum Gasteiger partial charge on any atom is -0.507 e. The number of nitrogens with zero attached hydrogens (tertiary/aromatic N) is 3. The summed E-state index contributed by atoms with van der Waals surface area (Å²) in [6.07, 6.45) is 5.05. The molecule has 0 spiro atoms. The van der Waals surface area contributed by atoms with Crippen molar-refractivity contribution in [2.24, 2.45) is 4.99 Å². The zero-order valence-corrected chi connectivity index (χ0v) is 15.6. The van der Waals surface area contributed by atoms with Crippen LogP contribution in [0, 0.1) is 6.92 Å². The van der Waals surface area contributed by atoms with Crippen LogP contribution in [-0.2, 0) is 17.6 Å². The molecule has 1 aromatic carbocycles. The summed E-state index contributed by atoms with van der Waals surface area (Å²) >= 11 is 0. The largest absolute Gasteiger partial charge is 0.507 e. The molecule has 1 fully saturated rings. The Morgan fingerprint density at radius 3 is 2.67 bits per heavy atom. The molecule has 2 aromatic rings. The highest BCUT2D eigenvalue weighted by Crippen LogP contribution is 2.37. The summed E-state index contributed by atoms with van der Waals surface area (Å²) < 4.78 is 5.29. The van der Waals surface area contributed by atoms with E-state index < -0.39 is 6.10 Å². The van der Waals surface area contributed by atoms with Gasteiger partial charge in [0, 0.05) is 17.5 Å². The summed E-state index contributed by atoms with van der Waals surface area (Å²) in [7, 11) is 0. The molecule has 142 valence electrons. The van der Waals surface area contributed by atoms with Crippen LogP contribution in [0.4, 0.5) is 5.82 Å². The Morgan fingerprint density at radius 2 is 1.89 bits per heavy atom. The smallest absolute Gasteiger partial charge is 0.178 e. The number of fused-ring (bicyclic) bond motifs is 1. The number of ether oxygens (including phenoxy) is 1. The quantitative estimate of drug-likeness (QED) is 0.796. The summed E-state index contributed by atoms with van der Waals surface area (Å²) in [6, 6.07) is 5.65. The predicted octanol–water partition coefficient (Wildman–Crippen LogP) is 3.28. The van der Waals surface area contributed by atoms with Crippen LogP contribution in [0.3, 0.4) is 0 Å². The third kappa shape index (κ3) is 3.73. The van der Waals surface area contributed by atoms with Crippen molar-refractivity contribution in [1.82, 2.24) is 10.2 Å². The maximum absolute atomic E-state index is 10.4. The second-order valence-corrected chi connectivity index (χ2v) is 7.35. The lowest BCUT2D eigenvalue weighted by Crippen LogP contribution is -2.32. The SMILES string of the molecule is Cc1ccc(-c2nnc(N=C3CCOCC3O)c3c2CCCCC3)c(O)c1. The minimum atomic E-state index is -0.678. The molecule has 0 amide bonds. The van der Waals surface area contributed by atoms with Gasteiger partial charge in [-0.2, -0.15) is 0 Å². The third-order valence-electron chi connectivity index (χ3n) is 5.34. The van der Waals surface area contributed by atoms with E-state index in [4.69, 9.17) is 4.74 Å². The molecule has 6 heteroatoms. The Morgan fingerprint density at radius 1 is 1.07 bits per heavy atom. The monoisotopic (exact) mass is 367 g/mol. The van der Waals surface area contributed by atoms with Crippen LogP contribution in [0.2, 0.25) is 0 Å². The van der Waals surface area contributed by atoms with Gasteiger partial charge in [-0.15, -0.1) is 10.2 Å². The second-order valence-electron chi connectivity index (χ2n) is 7.35. The number of aromatic nitrogens is 2. The molecule has 1 saturated heterocycles. The molecule has 0 saturated carbocycles. The normalized spacial score (nSPS) is 21.7. The Kier molecular flexibility index (Phi) is 5.18. The molecule has 2 aliphatic rings. The van der Waals surface area contributed by atoms with Gasteiger partial charge in [-0.3, -0.25) is 0 Å². The van der Waals surface area contributed by atoms with Crippen LogP contribution in [-0.4, -0.2) is 45.4 Å². The number of aromatic hydroxyl groups is 1. The summed E-state index contributed by atoms with van der Waals surface area (Å²) in [6.45, 7) is 2.80. The predicted molar refractivity (Wildman–Crippen MR) is 104 cm³/mol. The summed E-state index contributed by atoms with van der Waals surface area (Å²) in [4.78, 5) is 4.68. The van der Waals surface area contributed by atoms with Gasteiger partial charge in [0.05, 0.1) is 18.9 Å². The van der Waals surface area contributed by atoms with Crippen molar-refractivity contribution in [1.29, 1.82) is 0 Å². The molecular formula is C21H25N3O3. The van der Waals surface area contributed by atoms with Crippen molar-refractivity contribution in [3.8, 4) is 17.0 Å². The Hall–Kier alpha value is -2.31. The molecule has 0 radical (unpaired) electrons. The first kappa shape index (κ1) is 18.1. The maximum Gasteiger partial charge on any atom is 0.178 e. The van der Waals surface area contributed by atoms with Crippen molar-refractivity contribution in [3.05, 3.63) is 34.9 Å². The topological polar surface area (TPSA) is 87.8 Å². The lowest BCUT2D eigenvalue weighted by atomic mass is 9.97. The van der Waals surface area contributed by atoms with Gasteiger partial charge in [-0.25, -0.2) is 4.99 Å². The molecule has 1 aliphatic carbocycles. The number of aliphatic imine (C=N–C) groups is 1. The molecular weight excluding hydrogens is 342 g/mol. The van der Waals surface area contributed by atoms with E-state index in [0.29, 0.717) is 24.6 Å². The van der Waals surface area contributed by atoms with Gasteiger partial charge in [-0.1, -0.05) is 12.5 Å². The molecule has 0 bridgehead atoms. The number of hydrogen-bond donors (Lipinski definition) is 2. The highest BCUT2D eigenvalue weighted by Gasteiger charge is 2.23. The van der Waals surface area contributed by atoms with E-state index in [1.165, 1.54) is 0 Å². The Labute approximate surface area is 158 Å². The third-order valence-corrected chi connectivity index (χ3v) is 5.34. The van der Waals surface area contributed by atoms with Gasteiger partial charge in [0.25, 0.3) is 0 Å². The van der Waals surface area contributed by atoms with E-state index in [-0.39, 0.29) is 12.4 Å². The number of phenolic OH excluding ortho intramolecular Hbond substituents is 1. The highest BCUT2D eigenvalue weighted by atomic mass is 16.5. The van der Waals surface area contributed by atoms with Gasteiger partial charge in [0.1, 0.15) is 17.5 Å². The van der Waals surface area contributed by atoms with Gasteiger partial charge in [-0.05, 0) is 55.9 Å². The Bertz CT molecular complexity index is 879. The first-order valence-electron chi connectivity index (χ1n) is 9.65. The van der Waals surface area contributed by atoms with Crippen LogP contribution in [0.5, 0.6) is 5.75 Å². The zero-order chi connectivity index (χ0) is 18.8. The molecule has 27 heavy (non-hydrogen) atoms. The Balaban J connectivity index is 1.82. The molecule has 4 rings (SSSR count). The standard InChI is InChI=1S/C21H25N3O3/c1-13-7-8-16(18(25)11-13)20-14-5-3-2-4-6-15(14)21(24-23-20)22-17-9-10-27-12-19(17)26/h7-8,11,19,25-26H,2-6,9-10,12H2,1H3. The van der Waals surface area contributed by atoms with E-state index in [1.54, 1.807) is 6.07 Å². The maximum atomic E-state index is 10.4. The number of rotatable bonds is 2. The van der Waals surface area contributed by atoms with E-state index in [1.807, 2.05) is 19.1 Å². The van der Waals surface area contributed by atoms with E-state index in [2.05, 4.69) is 15.2 Å². The van der Waals surface area contributed by atoms with Crippen molar-refractivity contribution in [3.63, 3.8) is 0 Å². The van der Waals surface area contributed by atoms with Crippen LogP contribution < -0.4 is 0 Å². The highest BCUT2D eigenvalue weighted by molar-refractivity contribution is 5.91. The minimum absolute atomic E-state index is 0.231. The molecule has 1 unspecified atom stereocenters. The first-order chi connectivity index (χ1) is 13.1.